The van der Waals surface area contributed by atoms with Gasteiger partial charge in [0.05, 0.1) is 26.0 Å². The van der Waals surface area contributed by atoms with E-state index in [0.29, 0.717) is 12.0 Å². The minimum Gasteiger partial charge on any atom is -0.468 e. The van der Waals surface area contributed by atoms with Gasteiger partial charge in [0, 0.05) is 25.7 Å². The van der Waals surface area contributed by atoms with Crippen molar-refractivity contribution < 1.29 is 9.15 Å². The number of ether oxygens (including phenoxy) is 1. The zero-order valence-electron chi connectivity index (χ0n) is 11.4. The second kappa shape index (κ2) is 6.92. The van der Waals surface area contributed by atoms with E-state index in [1.54, 1.807) is 6.26 Å². The maximum absolute atomic E-state index is 5.42. The topological polar surface area (TPSA) is 37.6 Å². The molecule has 1 aromatic rings. The van der Waals surface area contributed by atoms with E-state index in [1.165, 1.54) is 0 Å². The van der Waals surface area contributed by atoms with Gasteiger partial charge in [0.15, 0.2) is 0 Å². The summed E-state index contributed by atoms with van der Waals surface area (Å²) in [7, 11) is 0. The second-order valence-corrected chi connectivity index (χ2v) is 5.17. The Bertz CT molecular complexity index is 319. The summed E-state index contributed by atoms with van der Waals surface area (Å²) in [6, 6.07) is 4.51. The molecule has 1 saturated heterocycles. The highest BCUT2D eigenvalue weighted by Crippen LogP contribution is 2.12. The first-order valence-electron chi connectivity index (χ1n) is 6.82. The van der Waals surface area contributed by atoms with E-state index in [2.05, 4.69) is 24.1 Å². The molecule has 2 rings (SSSR count). The molecule has 1 aromatic heterocycles. The van der Waals surface area contributed by atoms with Crippen LogP contribution in [-0.4, -0.2) is 43.8 Å². The molecule has 102 valence electrons. The second-order valence-electron chi connectivity index (χ2n) is 5.17. The van der Waals surface area contributed by atoms with Crippen molar-refractivity contribution in [3.8, 4) is 0 Å². The minimum absolute atomic E-state index is 0.573. The van der Waals surface area contributed by atoms with Gasteiger partial charge in [-0.1, -0.05) is 13.8 Å². The molecule has 0 aliphatic carbocycles. The molecule has 18 heavy (non-hydrogen) atoms. The van der Waals surface area contributed by atoms with Gasteiger partial charge in [-0.25, -0.2) is 0 Å². The van der Waals surface area contributed by atoms with Gasteiger partial charge in [-0.3, -0.25) is 4.90 Å². The van der Waals surface area contributed by atoms with E-state index < -0.39 is 0 Å². The Morgan fingerprint density at radius 2 is 2.11 bits per heavy atom. The molecule has 0 amide bonds. The van der Waals surface area contributed by atoms with Gasteiger partial charge >= 0.3 is 0 Å². The molecule has 1 fully saturated rings. The van der Waals surface area contributed by atoms with Gasteiger partial charge in [0.25, 0.3) is 0 Å². The normalized spacial score (nSPS) is 19.3. The number of nitrogens with zero attached hydrogens (tertiary/aromatic N) is 1. The highest BCUT2D eigenvalue weighted by atomic mass is 16.5. The molecule has 0 aromatic carbocycles. The van der Waals surface area contributed by atoms with Crippen LogP contribution >= 0.6 is 0 Å². The SMILES string of the molecule is CC(C)C(CNCc1ccco1)N1CCOCC1. The van der Waals surface area contributed by atoms with Crippen molar-refractivity contribution in [3.05, 3.63) is 24.2 Å². The maximum Gasteiger partial charge on any atom is 0.117 e. The summed E-state index contributed by atoms with van der Waals surface area (Å²) in [5, 5.41) is 3.49. The molecule has 1 atom stereocenters. The zero-order valence-corrected chi connectivity index (χ0v) is 11.4. The van der Waals surface area contributed by atoms with E-state index in [0.717, 1.165) is 45.2 Å². The fourth-order valence-corrected chi connectivity index (χ4v) is 2.45. The number of morpholine rings is 1. The summed E-state index contributed by atoms with van der Waals surface area (Å²) in [4.78, 5) is 2.53. The number of rotatable bonds is 6. The van der Waals surface area contributed by atoms with Crippen LogP contribution in [0.3, 0.4) is 0 Å². The molecule has 0 bridgehead atoms. The number of nitrogens with one attached hydrogen (secondary N) is 1. The van der Waals surface area contributed by atoms with Crippen LogP contribution in [-0.2, 0) is 11.3 Å². The smallest absolute Gasteiger partial charge is 0.117 e. The number of hydrogen-bond acceptors (Lipinski definition) is 4. The van der Waals surface area contributed by atoms with Crippen LogP contribution in [0.15, 0.2) is 22.8 Å². The van der Waals surface area contributed by atoms with E-state index in [-0.39, 0.29) is 0 Å². The Morgan fingerprint density at radius 1 is 1.33 bits per heavy atom. The highest BCUT2D eigenvalue weighted by molar-refractivity contribution is 4.97. The van der Waals surface area contributed by atoms with Gasteiger partial charge in [-0.05, 0) is 18.1 Å². The van der Waals surface area contributed by atoms with Crippen molar-refractivity contribution in [2.75, 3.05) is 32.8 Å². The Kier molecular flexibility index (Phi) is 5.23. The van der Waals surface area contributed by atoms with Gasteiger partial charge < -0.3 is 14.5 Å². The van der Waals surface area contributed by atoms with Crippen LogP contribution in [0.2, 0.25) is 0 Å². The number of furan rings is 1. The van der Waals surface area contributed by atoms with Crippen molar-refractivity contribution in [3.63, 3.8) is 0 Å². The lowest BCUT2D eigenvalue weighted by Gasteiger charge is -2.37. The van der Waals surface area contributed by atoms with Gasteiger partial charge in [-0.2, -0.15) is 0 Å². The maximum atomic E-state index is 5.42. The van der Waals surface area contributed by atoms with Crippen molar-refractivity contribution >= 4 is 0 Å². The molecule has 1 aliphatic rings. The first-order chi connectivity index (χ1) is 8.77. The summed E-state index contributed by atoms with van der Waals surface area (Å²) < 4.78 is 10.7. The van der Waals surface area contributed by atoms with Crippen molar-refractivity contribution in [1.29, 1.82) is 0 Å². The third-order valence-corrected chi connectivity index (χ3v) is 3.52. The lowest BCUT2D eigenvalue weighted by Crippen LogP contribution is -2.50. The Hall–Kier alpha value is -0.840. The predicted molar refractivity (Wildman–Crippen MR) is 71.4 cm³/mol. The third-order valence-electron chi connectivity index (χ3n) is 3.52. The quantitative estimate of drug-likeness (QED) is 0.836. The van der Waals surface area contributed by atoms with Crippen LogP contribution in [0.5, 0.6) is 0 Å². The van der Waals surface area contributed by atoms with Gasteiger partial charge in [0.1, 0.15) is 5.76 Å². The lowest BCUT2D eigenvalue weighted by atomic mass is 10.0. The monoisotopic (exact) mass is 252 g/mol. The Labute approximate surface area is 109 Å². The van der Waals surface area contributed by atoms with Crippen LogP contribution in [0, 0.1) is 5.92 Å². The summed E-state index contributed by atoms with van der Waals surface area (Å²) in [5.41, 5.74) is 0. The van der Waals surface area contributed by atoms with E-state index in [1.807, 2.05) is 12.1 Å². The van der Waals surface area contributed by atoms with Gasteiger partial charge in [-0.15, -0.1) is 0 Å². The van der Waals surface area contributed by atoms with E-state index in [4.69, 9.17) is 9.15 Å². The van der Waals surface area contributed by atoms with Crippen LogP contribution in [0.1, 0.15) is 19.6 Å². The average Bonchev–Trinajstić information content (AvgIpc) is 2.88. The molecular formula is C14H24N2O2. The fraction of sp³-hybridized carbons (Fsp3) is 0.714. The predicted octanol–water partition coefficient (Wildman–Crippen LogP) is 1.73. The first kappa shape index (κ1) is 13.6. The summed E-state index contributed by atoms with van der Waals surface area (Å²) in [5.74, 6) is 1.65. The summed E-state index contributed by atoms with van der Waals surface area (Å²) >= 11 is 0. The molecule has 0 spiro atoms. The van der Waals surface area contributed by atoms with E-state index in [9.17, 15) is 0 Å². The summed E-state index contributed by atoms with van der Waals surface area (Å²) in [6.45, 7) is 10.2. The molecule has 2 heterocycles. The van der Waals surface area contributed by atoms with Crippen LogP contribution in [0.4, 0.5) is 0 Å². The van der Waals surface area contributed by atoms with Crippen molar-refractivity contribution in [2.24, 2.45) is 5.92 Å². The third kappa shape index (κ3) is 3.83. The van der Waals surface area contributed by atoms with Gasteiger partial charge in [0.2, 0.25) is 0 Å². The molecule has 1 unspecified atom stereocenters. The van der Waals surface area contributed by atoms with Crippen LogP contribution in [0.25, 0.3) is 0 Å². The average molecular weight is 252 g/mol. The Morgan fingerprint density at radius 3 is 2.72 bits per heavy atom. The molecular weight excluding hydrogens is 228 g/mol. The lowest BCUT2D eigenvalue weighted by molar-refractivity contribution is 0.00639. The molecule has 1 aliphatic heterocycles. The first-order valence-corrected chi connectivity index (χ1v) is 6.82. The fourth-order valence-electron chi connectivity index (χ4n) is 2.45. The summed E-state index contributed by atoms with van der Waals surface area (Å²) in [6.07, 6.45) is 1.72. The van der Waals surface area contributed by atoms with E-state index >= 15 is 0 Å². The number of hydrogen-bond donors (Lipinski definition) is 1. The zero-order chi connectivity index (χ0) is 12.8. The van der Waals surface area contributed by atoms with Crippen LogP contribution < -0.4 is 5.32 Å². The standard InChI is InChI=1S/C14H24N2O2/c1-12(2)14(16-5-8-17-9-6-16)11-15-10-13-4-3-7-18-13/h3-4,7,12,14-15H,5-6,8-11H2,1-2H3. The molecule has 0 saturated carbocycles. The molecule has 0 radical (unpaired) electrons. The Balaban J connectivity index is 1.78. The molecule has 4 heteroatoms. The molecule has 4 nitrogen and oxygen atoms in total. The largest absolute Gasteiger partial charge is 0.468 e. The molecule has 1 N–H and O–H groups in total. The minimum atomic E-state index is 0.573. The van der Waals surface area contributed by atoms with Crippen molar-refractivity contribution in [1.82, 2.24) is 10.2 Å². The van der Waals surface area contributed by atoms with Crippen molar-refractivity contribution in [2.45, 2.75) is 26.4 Å². The highest BCUT2D eigenvalue weighted by Gasteiger charge is 2.23.